The number of anilines is 1. The number of halogens is 2. The maximum Gasteiger partial charge on any atom is 0.325 e. The Labute approximate surface area is 95.5 Å². The topological polar surface area (TPSA) is 81.4 Å². The second-order valence-corrected chi connectivity index (χ2v) is 3.08. The summed E-state index contributed by atoms with van der Waals surface area (Å²) in [5.41, 5.74) is 4.02. The van der Waals surface area contributed by atoms with Gasteiger partial charge in [-0.2, -0.15) is 0 Å². The quantitative estimate of drug-likeness (QED) is 0.597. The molecule has 1 aromatic rings. The van der Waals surface area contributed by atoms with Crippen molar-refractivity contribution in [1.82, 2.24) is 5.32 Å². The van der Waals surface area contributed by atoms with Gasteiger partial charge in [0, 0.05) is 0 Å². The molecule has 0 aliphatic rings. The van der Waals surface area contributed by atoms with Crippen LogP contribution in [0.15, 0.2) is 12.1 Å². The molecule has 3 N–H and O–H groups in total. The maximum atomic E-state index is 13.4. The minimum atomic E-state index is -1.16. The van der Waals surface area contributed by atoms with E-state index in [1.807, 2.05) is 5.32 Å². The lowest BCUT2D eigenvalue weighted by molar-refractivity contribution is -0.139. The molecule has 1 rings (SSSR count). The Bertz CT molecular complexity index is 463. The van der Waals surface area contributed by atoms with Crippen LogP contribution in [-0.4, -0.2) is 25.5 Å². The smallest absolute Gasteiger partial charge is 0.325 e. The fourth-order valence-corrected chi connectivity index (χ4v) is 1.09. The van der Waals surface area contributed by atoms with E-state index < -0.39 is 35.6 Å². The Morgan fingerprint density at radius 1 is 1.41 bits per heavy atom. The molecule has 5 nitrogen and oxygen atoms in total. The summed E-state index contributed by atoms with van der Waals surface area (Å²) in [6.07, 6.45) is 0. The Morgan fingerprint density at radius 2 is 2.06 bits per heavy atom. The van der Waals surface area contributed by atoms with Crippen molar-refractivity contribution < 1.29 is 23.1 Å². The van der Waals surface area contributed by atoms with Gasteiger partial charge in [-0.1, -0.05) is 0 Å². The van der Waals surface area contributed by atoms with Gasteiger partial charge in [0.15, 0.2) is 5.82 Å². The van der Waals surface area contributed by atoms with Crippen molar-refractivity contribution in [3.63, 3.8) is 0 Å². The van der Waals surface area contributed by atoms with E-state index >= 15 is 0 Å². The molecule has 0 heterocycles. The summed E-state index contributed by atoms with van der Waals surface area (Å²) < 4.78 is 30.8. The molecule has 0 bridgehead atoms. The molecule has 17 heavy (non-hydrogen) atoms. The summed E-state index contributed by atoms with van der Waals surface area (Å²) in [6, 6.07) is 1.87. The monoisotopic (exact) mass is 244 g/mol. The third-order valence-electron chi connectivity index (χ3n) is 1.97. The van der Waals surface area contributed by atoms with Gasteiger partial charge < -0.3 is 15.8 Å². The molecule has 1 aromatic carbocycles. The van der Waals surface area contributed by atoms with Crippen LogP contribution in [0.3, 0.4) is 0 Å². The van der Waals surface area contributed by atoms with Crippen molar-refractivity contribution in [3.8, 4) is 0 Å². The van der Waals surface area contributed by atoms with Gasteiger partial charge in [-0.25, -0.2) is 8.78 Å². The molecule has 0 saturated carbocycles. The molecule has 0 atom stereocenters. The summed E-state index contributed by atoms with van der Waals surface area (Å²) in [7, 11) is 1.12. The molecule has 0 fully saturated rings. The SMILES string of the molecule is COC(=O)CNC(=O)c1c(F)ccc(N)c1F. The van der Waals surface area contributed by atoms with Crippen LogP contribution in [-0.2, 0) is 9.53 Å². The van der Waals surface area contributed by atoms with Gasteiger partial charge in [0.1, 0.15) is 17.9 Å². The number of methoxy groups -OCH3 is 1. The minimum absolute atomic E-state index is 0.352. The lowest BCUT2D eigenvalue weighted by atomic mass is 10.1. The second-order valence-electron chi connectivity index (χ2n) is 3.08. The average molecular weight is 244 g/mol. The van der Waals surface area contributed by atoms with Gasteiger partial charge in [0.2, 0.25) is 0 Å². The number of ether oxygens (including phenoxy) is 1. The first-order valence-electron chi connectivity index (χ1n) is 4.56. The zero-order chi connectivity index (χ0) is 13.0. The highest BCUT2D eigenvalue weighted by atomic mass is 19.1. The van der Waals surface area contributed by atoms with Crippen molar-refractivity contribution in [3.05, 3.63) is 29.3 Å². The molecular weight excluding hydrogens is 234 g/mol. The highest BCUT2D eigenvalue weighted by Crippen LogP contribution is 2.18. The lowest BCUT2D eigenvalue weighted by Gasteiger charge is -2.07. The highest BCUT2D eigenvalue weighted by molar-refractivity contribution is 5.97. The number of nitrogen functional groups attached to an aromatic ring is 1. The summed E-state index contributed by atoms with van der Waals surface area (Å²) >= 11 is 0. The number of amides is 1. The Balaban J connectivity index is 2.89. The van der Waals surface area contributed by atoms with Crippen molar-refractivity contribution in [2.45, 2.75) is 0 Å². The minimum Gasteiger partial charge on any atom is -0.468 e. The molecule has 92 valence electrons. The third-order valence-corrected chi connectivity index (χ3v) is 1.97. The van der Waals surface area contributed by atoms with E-state index in [2.05, 4.69) is 4.74 Å². The maximum absolute atomic E-state index is 13.4. The molecule has 0 aliphatic heterocycles. The zero-order valence-electron chi connectivity index (χ0n) is 8.92. The number of esters is 1. The van der Waals surface area contributed by atoms with Crippen molar-refractivity contribution >= 4 is 17.6 Å². The number of carbonyl (C=O) groups excluding carboxylic acids is 2. The van der Waals surface area contributed by atoms with E-state index in [4.69, 9.17) is 5.73 Å². The fraction of sp³-hybridized carbons (Fsp3) is 0.200. The molecule has 0 unspecified atom stereocenters. The van der Waals surface area contributed by atoms with Gasteiger partial charge in [0.05, 0.1) is 12.8 Å². The molecule has 0 aromatic heterocycles. The van der Waals surface area contributed by atoms with Crippen LogP contribution in [0.25, 0.3) is 0 Å². The Morgan fingerprint density at radius 3 is 2.65 bits per heavy atom. The molecule has 0 spiro atoms. The van der Waals surface area contributed by atoms with Crippen LogP contribution < -0.4 is 11.1 Å². The number of hydrogen-bond acceptors (Lipinski definition) is 4. The summed E-state index contributed by atoms with van der Waals surface area (Å²) in [5, 5.41) is 2.01. The first-order valence-corrected chi connectivity index (χ1v) is 4.56. The first kappa shape index (κ1) is 12.9. The predicted molar refractivity (Wildman–Crippen MR) is 55.1 cm³/mol. The van der Waals surface area contributed by atoms with E-state index in [1.54, 1.807) is 0 Å². The van der Waals surface area contributed by atoms with E-state index in [1.165, 1.54) is 0 Å². The Kier molecular flexibility index (Phi) is 3.97. The summed E-state index contributed by atoms with van der Waals surface area (Å²) in [4.78, 5) is 22.1. The number of hydrogen-bond donors (Lipinski definition) is 2. The van der Waals surface area contributed by atoms with Crippen LogP contribution in [0.5, 0.6) is 0 Å². The van der Waals surface area contributed by atoms with Crippen LogP contribution in [0.4, 0.5) is 14.5 Å². The van der Waals surface area contributed by atoms with Crippen LogP contribution in [0.1, 0.15) is 10.4 Å². The van der Waals surface area contributed by atoms with E-state index in [0.29, 0.717) is 0 Å². The second kappa shape index (κ2) is 5.24. The Hall–Kier alpha value is -2.18. The van der Waals surface area contributed by atoms with E-state index in [9.17, 15) is 18.4 Å². The summed E-state index contributed by atoms with van der Waals surface area (Å²) in [6.45, 7) is -0.483. The molecular formula is C10H10F2N2O3. The summed E-state index contributed by atoms with van der Waals surface area (Å²) in [5.74, 6) is -4.02. The zero-order valence-corrected chi connectivity index (χ0v) is 8.92. The van der Waals surface area contributed by atoms with Gasteiger partial charge in [-0.3, -0.25) is 9.59 Å². The van der Waals surface area contributed by atoms with Gasteiger partial charge in [-0.15, -0.1) is 0 Å². The molecule has 1 amide bonds. The molecule has 0 saturated heterocycles. The number of rotatable bonds is 3. The molecule has 0 radical (unpaired) electrons. The highest BCUT2D eigenvalue weighted by Gasteiger charge is 2.19. The predicted octanol–water partition coefficient (Wildman–Crippen LogP) is 0.450. The van der Waals surface area contributed by atoms with Gasteiger partial charge in [0.25, 0.3) is 5.91 Å². The van der Waals surface area contributed by atoms with Crippen LogP contribution in [0.2, 0.25) is 0 Å². The van der Waals surface area contributed by atoms with Crippen molar-refractivity contribution in [2.75, 3.05) is 19.4 Å². The van der Waals surface area contributed by atoms with Crippen LogP contribution in [0, 0.1) is 11.6 Å². The molecule has 7 heteroatoms. The molecule has 0 aliphatic carbocycles. The van der Waals surface area contributed by atoms with E-state index in [0.717, 1.165) is 19.2 Å². The van der Waals surface area contributed by atoms with E-state index in [-0.39, 0.29) is 5.69 Å². The number of nitrogens with two attached hydrogens (primary N) is 1. The number of nitrogens with one attached hydrogen (secondary N) is 1. The van der Waals surface area contributed by atoms with Gasteiger partial charge >= 0.3 is 5.97 Å². The normalized spacial score (nSPS) is 9.82. The first-order chi connectivity index (χ1) is 7.97. The van der Waals surface area contributed by atoms with Gasteiger partial charge in [-0.05, 0) is 12.1 Å². The van der Waals surface area contributed by atoms with Crippen molar-refractivity contribution in [2.24, 2.45) is 0 Å². The van der Waals surface area contributed by atoms with Crippen molar-refractivity contribution in [1.29, 1.82) is 0 Å². The standard InChI is InChI=1S/C10H10F2N2O3/c1-17-7(15)4-14-10(16)8-5(11)2-3-6(13)9(8)12/h2-3H,4,13H2,1H3,(H,14,16). The third kappa shape index (κ3) is 2.90. The number of carbonyl (C=O) groups is 2. The van der Waals surface area contributed by atoms with Crippen LogP contribution >= 0.6 is 0 Å². The fourth-order valence-electron chi connectivity index (χ4n) is 1.09. The lowest BCUT2D eigenvalue weighted by Crippen LogP contribution is -2.31. The number of benzene rings is 1. The largest absolute Gasteiger partial charge is 0.468 e. The average Bonchev–Trinajstić information content (AvgIpc) is 2.31.